The molecule has 10 heteroatoms. The van der Waals surface area contributed by atoms with Crippen molar-refractivity contribution >= 4 is 17.9 Å². The highest BCUT2D eigenvalue weighted by Gasteiger charge is 2.65. The van der Waals surface area contributed by atoms with Crippen LogP contribution in [0, 0.1) is 5.92 Å². The van der Waals surface area contributed by atoms with E-state index in [0.29, 0.717) is 32.6 Å². The molecular formula is C24H34F2O8. The molecule has 0 amide bonds. The summed E-state index contributed by atoms with van der Waals surface area (Å²) in [6, 6.07) is 0. The molecule has 4 unspecified atom stereocenters. The number of carbonyl (C=O) groups excluding carboxylic acids is 3. The third-order valence-electron chi connectivity index (χ3n) is 7.71. The van der Waals surface area contributed by atoms with Crippen LogP contribution in [0.2, 0.25) is 0 Å². The molecule has 5 saturated carbocycles. The highest BCUT2D eigenvalue weighted by Crippen LogP contribution is 2.61. The van der Waals surface area contributed by atoms with Crippen LogP contribution in [0.15, 0.2) is 0 Å². The van der Waals surface area contributed by atoms with Gasteiger partial charge in [-0.1, -0.05) is 6.42 Å². The molecule has 0 aromatic rings. The highest BCUT2D eigenvalue weighted by molar-refractivity contribution is 5.80. The number of aliphatic hydroxyl groups is 1. The monoisotopic (exact) mass is 488 g/mol. The summed E-state index contributed by atoms with van der Waals surface area (Å²) >= 11 is 0. The standard InChI is InChI=1S/C24H34F2O8/c1-20(6-4-3-5-7-20)33-18(28)12-32-23-9-16-8-22(30,13-23)14-24(10-16,15-23)34-17(27)11-31-19(29)21(2,25)26/h16,30H,3-15H2,1-2H3. The summed E-state index contributed by atoms with van der Waals surface area (Å²) < 4.78 is 47.8. The molecule has 0 aliphatic heterocycles. The zero-order valence-electron chi connectivity index (χ0n) is 19.8. The van der Waals surface area contributed by atoms with Gasteiger partial charge < -0.3 is 24.1 Å². The minimum absolute atomic E-state index is 0.0171. The fourth-order valence-corrected chi connectivity index (χ4v) is 6.93. The topological polar surface area (TPSA) is 108 Å². The van der Waals surface area contributed by atoms with Crippen LogP contribution in [0.5, 0.6) is 0 Å². The molecule has 0 heterocycles. The summed E-state index contributed by atoms with van der Waals surface area (Å²) in [5.41, 5.74) is -3.52. The van der Waals surface area contributed by atoms with Crippen LogP contribution in [0.4, 0.5) is 8.78 Å². The van der Waals surface area contributed by atoms with E-state index in [-0.39, 0.29) is 25.4 Å². The first-order valence-corrected chi connectivity index (χ1v) is 12.1. The van der Waals surface area contributed by atoms with Crippen LogP contribution in [-0.2, 0) is 33.3 Å². The molecule has 8 nitrogen and oxygen atoms in total. The van der Waals surface area contributed by atoms with Crippen molar-refractivity contribution in [3.63, 3.8) is 0 Å². The summed E-state index contributed by atoms with van der Waals surface area (Å²) in [7, 11) is 0. The molecule has 4 bridgehead atoms. The van der Waals surface area contributed by atoms with E-state index in [1.807, 2.05) is 6.92 Å². The Kier molecular flexibility index (Phi) is 6.46. The molecule has 0 aromatic heterocycles. The normalized spacial score (nSPS) is 36.1. The average molecular weight is 489 g/mol. The summed E-state index contributed by atoms with van der Waals surface area (Å²) in [5.74, 6) is -6.91. The number of carbonyl (C=O) groups is 3. The summed E-state index contributed by atoms with van der Waals surface area (Å²) in [5, 5.41) is 11.2. The minimum atomic E-state index is -3.71. The van der Waals surface area contributed by atoms with Crippen molar-refractivity contribution in [3.05, 3.63) is 0 Å². The Bertz CT molecular complexity index is 835. The Labute approximate surface area is 197 Å². The zero-order chi connectivity index (χ0) is 24.8. The number of hydrogen-bond acceptors (Lipinski definition) is 8. The number of hydrogen-bond donors (Lipinski definition) is 1. The predicted molar refractivity (Wildman–Crippen MR) is 113 cm³/mol. The van der Waals surface area contributed by atoms with Gasteiger partial charge in [0.2, 0.25) is 0 Å². The second-order valence-corrected chi connectivity index (χ2v) is 11.3. The van der Waals surface area contributed by atoms with Crippen LogP contribution in [0.1, 0.15) is 84.5 Å². The highest BCUT2D eigenvalue weighted by atomic mass is 19.3. The summed E-state index contributed by atoms with van der Waals surface area (Å²) in [6.07, 6.45) is 7.23. The van der Waals surface area contributed by atoms with E-state index >= 15 is 0 Å². The van der Waals surface area contributed by atoms with Gasteiger partial charge in [-0.25, -0.2) is 14.4 Å². The second-order valence-electron chi connectivity index (χ2n) is 11.3. The largest absolute Gasteiger partial charge is 0.458 e. The van der Waals surface area contributed by atoms with Crippen molar-refractivity contribution in [2.75, 3.05) is 13.2 Å². The lowest BCUT2D eigenvalue weighted by molar-refractivity contribution is -0.275. The number of alkyl halides is 2. The quantitative estimate of drug-likeness (QED) is 0.410. The van der Waals surface area contributed by atoms with Gasteiger partial charge in [-0.2, -0.15) is 8.78 Å². The van der Waals surface area contributed by atoms with E-state index in [9.17, 15) is 28.3 Å². The van der Waals surface area contributed by atoms with Crippen LogP contribution in [0.25, 0.3) is 0 Å². The number of ether oxygens (including phenoxy) is 4. The van der Waals surface area contributed by atoms with E-state index < -0.39 is 52.8 Å². The van der Waals surface area contributed by atoms with E-state index in [2.05, 4.69) is 4.74 Å². The Hall–Kier alpha value is -1.81. The van der Waals surface area contributed by atoms with Crippen molar-refractivity contribution in [2.45, 2.75) is 113 Å². The third-order valence-corrected chi connectivity index (χ3v) is 7.71. The van der Waals surface area contributed by atoms with Gasteiger partial charge in [-0.05, 0) is 57.8 Å². The van der Waals surface area contributed by atoms with Gasteiger partial charge in [-0.15, -0.1) is 0 Å². The fraction of sp³-hybridized carbons (Fsp3) is 0.875. The summed E-state index contributed by atoms with van der Waals surface area (Å²) in [4.78, 5) is 36.2. The maximum Gasteiger partial charge on any atom is 0.377 e. The molecule has 5 aliphatic rings. The third kappa shape index (κ3) is 5.53. The van der Waals surface area contributed by atoms with Crippen molar-refractivity contribution < 1.29 is 47.2 Å². The molecule has 0 aromatic carbocycles. The van der Waals surface area contributed by atoms with Gasteiger partial charge in [-0.3, -0.25) is 0 Å². The molecule has 0 saturated heterocycles. The lowest BCUT2D eigenvalue weighted by Crippen LogP contribution is -2.68. The first-order valence-electron chi connectivity index (χ1n) is 12.1. The Morgan fingerprint density at radius 2 is 1.53 bits per heavy atom. The second kappa shape index (κ2) is 8.69. The average Bonchev–Trinajstić information content (AvgIpc) is 2.68. The smallest absolute Gasteiger partial charge is 0.377 e. The molecule has 4 atom stereocenters. The number of rotatable bonds is 8. The predicted octanol–water partition coefficient (Wildman–Crippen LogP) is 3.22. The van der Waals surface area contributed by atoms with Gasteiger partial charge in [0.05, 0.1) is 11.2 Å². The molecule has 0 spiro atoms. The van der Waals surface area contributed by atoms with E-state index in [4.69, 9.17) is 14.2 Å². The fourth-order valence-electron chi connectivity index (χ4n) is 6.93. The molecule has 5 aliphatic carbocycles. The van der Waals surface area contributed by atoms with Gasteiger partial charge >= 0.3 is 23.8 Å². The van der Waals surface area contributed by atoms with Crippen LogP contribution < -0.4 is 0 Å². The van der Waals surface area contributed by atoms with Crippen LogP contribution >= 0.6 is 0 Å². The molecular weight excluding hydrogens is 454 g/mol. The summed E-state index contributed by atoms with van der Waals surface area (Å²) in [6.45, 7) is 1.13. The molecule has 192 valence electrons. The van der Waals surface area contributed by atoms with Crippen LogP contribution in [0.3, 0.4) is 0 Å². The van der Waals surface area contributed by atoms with Gasteiger partial charge in [0, 0.05) is 26.2 Å². The van der Waals surface area contributed by atoms with Crippen molar-refractivity contribution in [1.29, 1.82) is 0 Å². The zero-order valence-corrected chi connectivity index (χ0v) is 19.8. The van der Waals surface area contributed by atoms with Crippen molar-refractivity contribution in [1.82, 2.24) is 0 Å². The maximum atomic E-state index is 13.0. The molecule has 1 N–H and O–H groups in total. The minimum Gasteiger partial charge on any atom is -0.458 e. The first kappa shape index (κ1) is 25.3. The Balaban J connectivity index is 1.38. The lowest BCUT2D eigenvalue weighted by atomic mass is 9.50. The van der Waals surface area contributed by atoms with E-state index in [1.165, 1.54) is 0 Å². The van der Waals surface area contributed by atoms with Crippen molar-refractivity contribution in [2.24, 2.45) is 5.92 Å². The van der Waals surface area contributed by atoms with E-state index in [0.717, 1.165) is 32.1 Å². The van der Waals surface area contributed by atoms with Crippen LogP contribution in [-0.4, -0.2) is 64.6 Å². The van der Waals surface area contributed by atoms with E-state index in [1.54, 1.807) is 0 Å². The van der Waals surface area contributed by atoms with Gasteiger partial charge in [0.15, 0.2) is 6.61 Å². The molecule has 34 heavy (non-hydrogen) atoms. The molecule has 0 radical (unpaired) electrons. The lowest BCUT2D eigenvalue weighted by Gasteiger charge is -2.63. The van der Waals surface area contributed by atoms with Gasteiger partial charge in [0.1, 0.15) is 17.8 Å². The Morgan fingerprint density at radius 1 is 0.912 bits per heavy atom. The van der Waals surface area contributed by atoms with Gasteiger partial charge in [0.25, 0.3) is 0 Å². The number of esters is 3. The number of halogens is 2. The molecule has 5 rings (SSSR count). The molecule has 5 fully saturated rings. The first-order chi connectivity index (χ1) is 15.7. The SMILES string of the molecule is CC1(OC(=O)COC23CC4CC(O)(C2)CC(OC(=O)COC(=O)C(C)(F)F)(C4)C3)CCCCC1. The maximum absolute atomic E-state index is 13.0. The Morgan fingerprint density at radius 3 is 2.18 bits per heavy atom. The van der Waals surface area contributed by atoms with Crippen molar-refractivity contribution in [3.8, 4) is 0 Å².